The fourth-order valence-electron chi connectivity index (χ4n) is 4.69. The summed E-state index contributed by atoms with van der Waals surface area (Å²) in [7, 11) is 0. The largest absolute Gasteiger partial charge is 0.392 e. The van der Waals surface area contributed by atoms with Crippen LogP contribution >= 0.6 is 0 Å². The number of hydrogen-bond donors (Lipinski definition) is 1. The van der Waals surface area contributed by atoms with Crippen molar-refractivity contribution in [3.63, 3.8) is 0 Å². The van der Waals surface area contributed by atoms with Crippen molar-refractivity contribution in [1.82, 2.24) is 20.1 Å². The lowest BCUT2D eigenvalue weighted by Crippen LogP contribution is -2.37. The highest BCUT2D eigenvalue weighted by Crippen LogP contribution is 2.35. The molecule has 0 aliphatic carbocycles. The number of hydrogen-bond acceptors (Lipinski definition) is 5. The summed E-state index contributed by atoms with van der Waals surface area (Å²) < 4.78 is 0. The quantitative estimate of drug-likeness (QED) is 0.493. The minimum absolute atomic E-state index is 0.286. The van der Waals surface area contributed by atoms with E-state index in [9.17, 15) is 5.11 Å². The molecule has 0 saturated carbocycles. The lowest BCUT2D eigenvalue weighted by molar-refractivity contribution is 0.109. The van der Waals surface area contributed by atoms with Gasteiger partial charge in [0, 0.05) is 36.0 Å². The topological polar surface area (TPSA) is 62.1 Å². The van der Waals surface area contributed by atoms with Gasteiger partial charge in [-0.05, 0) is 73.5 Å². The van der Waals surface area contributed by atoms with Crippen LogP contribution in [-0.4, -0.2) is 50.9 Å². The molecule has 0 spiro atoms. The van der Waals surface area contributed by atoms with Crippen molar-refractivity contribution in [2.24, 2.45) is 0 Å². The standard InChI is InChI=1S/C27H28N4O/c1-19(32)18-31-14-10-22(11-15-31)26-17-25(21-8-12-28-13-9-21)27(30-29-26)24-7-6-20-4-2-3-5-23(20)16-24/h2-9,12-13,16-17,19,22,32H,10-11,14-15,18H2,1H3/t19-/m1/s1. The van der Waals surface area contributed by atoms with Crippen molar-refractivity contribution < 1.29 is 5.11 Å². The number of pyridine rings is 1. The molecule has 2 aromatic heterocycles. The van der Waals surface area contributed by atoms with Crippen molar-refractivity contribution in [3.05, 3.63) is 78.8 Å². The minimum Gasteiger partial charge on any atom is -0.392 e. The lowest BCUT2D eigenvalue weighted by Gasteiger charge is -2.32. The molecule has 5 heteroatoms. The van der Waals surface area contributed by atoms with Gasteiger partial charge in [-0.1, -0.05) is 36.4 Å². The number of fused-ring (bicyclic) bond motifs is 1. The molecule has 162 valence electrons. The number of piperidine rings is 1. The van der Waals surface area contributed by atoms with Gasteiger partial charge >= 0.3 is 0 Å². The smallest absolute Gasteiger partial charge is 0.101 e. The van der Waals surface area contributed by atoms with Crippen molar-refractivity contribution in [1.29, 1.82) is 0 Å². The molecule has 1 aliphatic rings. The molecule has 5 rings (SSSR count). The minimum atomic E-state index is -0.286. The third-order valence-electron chi connectivity index (χ3n) is 6.36. The summed E-state index contributed by atoms with van der Waals surface area (Å²) in [5.41, 5.74) is 5.22. The Morgan fingerprint density at radius 2 is 1.66 bits per heavy atom. The van der Waals surface area contributed by atoms with Gasteiger partial charge in [-0.3, -0.25) is 4.98 Å². The molecule has 1 atom stereocenters. The fraction of sp³-hybridized carbons (Fsp3) is 0.296. The molecule has 32 heavy (non-hydrogen) atoms. The van der Waals surface area contributed by atoms with E-state index in [4.69, 9.17) is 10.2 Å². The van der Waals surface area contributed by atoms with E-state index in [1.54, 1.807) is 0 Å². The molecule has 0 bridgehead atoms. The first kappa shape index (κ1) is 20.7. The predicted octanol–water partition coefficient (Wildman–Crippen LogP) is 4.92. The molecule has 0 radical (unpaired) electrons. The SMILES string of the molecule is C[C@@H](O)CN1CCC(c2cc(-c3ccncc3)c(-c3ccc4ccccc4c3)nn2)CC1. The van der Waals surface area contributed by atoms with Gasteiger partial charge in [-0.15, -0.1) is 5.10 Å². The van der Waals surface area contributed by atoms with Gasteiger partial charge in [0.15, 0.2) is 0 Å². The molecule has 1 aliphatic heterocycles. The molecular formula is C27H28N4O. The van der Waals surface area contributed by atoms with Crippen LogP contribution in [-0.2, 0) is 0 Å². The van der Waals surface area contributed by atoms with Crippen LogP contribution in [0, 0.1) is 0 Å². The number of nitrogens with zero attached hydrogens (tertiary/aromatic N) is 4. The Labute approximate surface area is 188 Å². The zero-order chi connectivity index (χ0) is 21.9. The van der Waals surface area contributed by atoms with Gasteiger partial charge in [0.1, 0.15) is 5.69 Å². The summed E-state index contributed by atoms with van der Waals surface area (Å²) in [6, 6.07) is 21.2. The van der Waals surface area contributed by atoms with E-state index in [0.29, 0.717) is 5.92 Å². The number of likely N-dealkylation sites (tertiary alicyclic amines) is 1. The molecule has 0 unspecified atom stereocenters. The Kier molecular flexibility index (Phi) is 5.93. The number of β-amino-alcohol motifs (C(OH)–C–C–N with tert-alkyl or cyclic N) is 1. The summed E-state index contributed by atoms with van der Waals surface area (Å²) in [6.45, 7) is 4.55. The first-order valence-corrected chi connectivity index (χ1v) is 11.3. The van der Waals surface area contributed by atoms with Crippen LogP contribution in [0.15, 0.2) is 73.1 Å². The Hall–Kier alpha value is -3.15. The van der Waals surface area contributed by atoms with E-state index in [2.05, 4.69) is 58.4 Å². The van der Waals surface area contributed by atoms with Gasteiger partial charge in [0.05, 0.1) is 11.8 Å². The third-order valence-corrected chi connectivity index (χ3v) is 6.36. The highest BCUT2D eigenvalue weighted by atomic mass is 16.3. The van der Waals surface area contributed by atoms with E-state index in [0.717, 1.165) is 60.6 Å². The van der Waals surface area contributed by atoms with Crippen LogP contribution in [0.4, 0.5) is 0 Å². The van der Waals surface area contributed by atoms with E-state index >= 15 is 0 Å². The second-order valence-electron chi connectivity index (χ2n) is 8.75. The van der Waals surface area contributed by atoms with Gasteiger partial charge in [0.2, 0.25) is 0 Å². The van der Waals surface area contributed by atoms with Crippen molar-refractivity contribution in [2.75, 3.05) is 19.6 Å². The number of aliphatic hydroxyl groups is 1. The molecular weight excluding hydrogens is 396 g/mol. The number of rotatable bonds is 5. The summed E-state index contributed by atoms with van der Waals surface area (Å²) in [5, 5.41) is 21.5. The first-order chi connectivity index (χ1) is 15.7. The van der Waals surface area contributed by atoms with Crippen molar-refractivity contribution >= 4 is 10.8 Å². The highest BCUT2D eigenvalue weighted by molar-refractivity contribution is 5.89. The molecule has 1 fully saturated rings. The average molecular weight is 425 g/mol. The number of aromatic nitrogens is 3. The van der Waals surface area contributed by atoms with Crippen LogP contribution < -0.4 is 0 Å². The molecule has 5 nitrogen and oxygen atoms in total. The highest BCUT2D eigenvalue weighted by Gasteiger charge is 2.24. The number of aliphatic hydroxyl groups excluding tert-OH is 1. The normalized spacial score (nSPS) is 16.3. The lowest BCUT2D eigenvalue weighted by atomic mass is 9.90. The third kappa shape index (κ3) is 4.40. The second kappa shape index (κ2) is 9.15. The molecule has 1 N–H and O–H groups in total. The van der Waals surface area contributed by atoms with Gasteiger partial charge < -0.3 is 10.0 Å². The monoisotopic (exact) mass is 424 g/mol. The van der Waals surface area contributed by atoms with Gasteiger partial charge in [-0.2, -0.15) is 5.10 Å². The summed E-state index contributed by atoms with van der Waals surface area (Å²) >= 11 is 0. The predicted molar refractivity (Wildman–Crippen MR) is 128 cm³/mol. The Morgan fingerprint density at radius 3 is 2.41 bits per heavy atom. The van der Waals surface area contributed by atoms with E-state index in [1.807, 2.05) is 31.5 Å². The second-order valence-corrected chi connectivity index (χ2v) is 8.75. The maximum atomic E-state index is 9.69. The van der Waals surface area contributed by atoms with Crippen LogP contribution in [0.25, 0.3) is 33.2 Å². The van der Waals surface area contributed by atoms with Gasteiger partial charge in [-0.25, -0.2) is 0 Å². The van der Waals surface area contributed by atoms with E-state index in [-0.39, 0.29) is 6.10 Å². The van der Waals surface area contributed by atoms with E-state index < -0.39 is 0 Å². The zero-order valence-corrected chi connectivity index (χ0v) is 18.4. The molecule has 3 heterocycles. The summed E-state index contributed by atoms with van der Waals surface area (Å²) in [4.78, 5) is 6.53. The maximum Gasteiger partial charge on any atom is 0.101 e. The molecule has 2 aromatic carbocycles. The Balaban J connectivity index is 1.51. The molecule has 1 saturated heterocycles. The van der Waals surface area contributed by atoms with Crippen molar-refractivity contribution in [2.45, 2.75) is 31.8 Å². The summed E-state index contributed by atoms with van der Waals surface area (Å²) in [6.07, 6.45) is 5.44. The van der Waals surface area contributed by atoms with Gasteiger partial charge in [0.25, 0.3) is 0 Å². The molecule has 0 amide bonds. The van der Waals surface area contributed by atoms with E-state index in [1.165, 1.54) is 10.8 Å². The average Bonchev–Trinajstić information content (AvgIpc) is 2.84. The Bertz CT molecular complexity index is 1200. The van der Waals surface area contributed by atoms with Crippen LogP contribution in [0.3, 0.4) is 0 Å². The zero-order valence-electron chi connectivity index (χ0n) is 18.4. The van der Waals surface area contributed by atoms with Crippen LogP contribution in [0.2, 0.25) is 0 Å². The van der Waals surface area contributed by atoms with Crippen LogP contribution in [0.5, 0.6) is 0 Å². The van der Waals surface area contributed by atoms with Crippen molar-refractivity contribution in [3.8, 4) is 22.4 Å². The summed E-state index contributed by atoms with van der Waals surface area (Å²) in [5.74, 6) is 0.388. The molecule has 4 aromatic rings. The maximum absolute atomic E-state index is 9.69. The van der Waals surface area contributed by atoms with Crippen LogP contribution in [0.1, 0.15) is 31.4 Å². The number of benzene rings is 2. The fourth-order valence-corrected chi connectivity index (χ4v) is 4.69. The Morgan fingerprint density at radius 1 is 0.906 bits per heavy atom. The first-order valence-electron chi connectivity index (χ1n) is 11.3.